The van der Waals surface area contributed by atoms with Crippen molar-refractivity contribution < 1.29 is 4.79 Å². The van der Waals surface area contributed by atoms with Gasteiger partial charge in [0.2, 0.25) is 0 Å². The Balaban J connectivity index is 1.72. The van der Waals surface area contributed by atoms with Crippen LogP contribution in [0.3, 0.4) is 0 Å². The largest absolute Gasteiger partial charge is 0.329 e. The Bertz CT molecular complexity index is 862. The third-order valence-corrected chi connectivity index (χ3v) is 4.54. The average Bonchev–Trinajstić information content (AvgIpc) is 3.02. The Hall–Kier alpha value is -2.81. The van der Waals surface area contributed by atoms with Crippen LogP contribution in [0.2, 0.25) is 0 Å². The first-order valence-electron chi connectivity index (χ1n) is 8.50. The number of carbonyl (C=O) groups is 1. The predicted molar refractivity (Wildman–Crippen MR) is 106 cm³/mol. The first-order chi connectivity index (χ1) is 11.8. The summed E-state index contributed by atoms with van der Waals surface area (Å²) in [5.74, 6) is 0. The second kappa shape index (κ2) is 6.60. The van der Waals surface area contributed by atoms with Crippen molar-refractivity contribution in [3.8, 4) is 0 Å². The summed E-state index contributed by atoms with van der Waals surface area (Å²) in [6, 6.07) is 13.9. The molecule has 0 aliphatic heterocycles. The zero-order chi connectivity index (χ0) is 18.0. The second-order valence-corrected chi connectivity index (χ2v) is 7.09. The Morgan fingerprint density at radius 1 is 1.16 bits per heavy atom. The quantitative estimate of drug-likeness (QED) is 0.779. The Labute approximate surface area is 149 Å². The van der Waals surface area contributed by atoms with Gasteiger partial charge in [-0.1, -0.05) is 48.6 Å². The second-order valence-electron chi connectivity index (χ2n) is 7.09. The summed E-state index contributed by atoms with van der Waals surface area (Å²) in [4.78, 5) is 12.5. The number of fused-ring (bicyclic) bond motifs is 1. The first kappa shape index (κ1) is 17.0. The molecule has 25 heavy (non-hydrogen) atoms. The summed E-state index contributed by atoms with van der Waals surface area (Å²) in [5.41, 5.74) is 5.90. The zero-order valence-corrected chi connectivity index (χ0v) is 15.0. The molecule has 0 radical (unpaired) electrons. The highest BCUT2D eigenvalue weighted by Crippen LogP contribution is 2.25. The van der Waals surface area contributed by atoms with Crippen LogP contribution in [-0.2, 0) is 12.0 Å². The number of allylic oxidation sites excluding steroid dienone is 2. The summed E-state index contributed by atoms with van der Waals surface area (Å²) >= 11 is 0. The van der Waals surface area contributed by atoms with E-state index in [1.165, 1.54) is 11.1 Å². The van der Waals surface area contributed by atoms with Gasteiger partial charge < -0.3 is 10.6 Å². The third kappa shape index (κ3) is 3.82. The Kier molecular flexibility index (Phi) is 4.49. The minimum absolute atomic E-state index is 0.215. The van der Waals surface area contributed by atoms with E-state index in [9.17, 15) is 4.79 Å². The molecule has 2 N–H and O–H groups in total. The molecular formula is C22H24N2O. The van der Waals surface area contributed by atoms with Crippen molar-refractivity contribution in [1.29, 1.82) is 0 Å². The van der Waals surface area contributed by atoms with Crippen LogP contribution in [0.1, 0.15) is 43.0 Å². The maximum absolute atomic E-state index is 12.5. The van der Waals surface area contributed by atoms with Gasteiger partial charge >= 0.3 is 6.03 Å². The van der Waals surface area contributed by atoms with Gasteiger partial charge in [-0.25, -0.2) is 4.79 Å². The van der Waals surface area contributed by atoms with Crippen LogP contribution in [0, 0.1) is 0 Å². The maximum atomic E-state index is 12.5. The van der Waals surface area contributed by atoms with Gasteiger partial charge in [-0.3, -0.25) is 0 Å². The van der Waals surface area contributed by atoms with Gasteiger partial charge in [-0.05, 0) is 67.6 Å². The highest BCUT2D eigenvalue weighted by molar-refractivity contribution is 5.90. The van der Waals surface area contributed by atoms with Crippen LogP contribution >= 0.6 is 0 Å². The SMILES string of the molecule is C=C(C)c1cccc(C(C)(C)NC(=O)Nc2ccc3c(c2)C=CC3)c1. The lowest BCUT2D eigenvalue weighted by atomic mass is 9.92. The van der Waals surface area contributed by atoms with E-state index in [0.717, 1.165) is 28.8 Å². The van der Waals surface area contributed by atoms with E-state index in [2.05, 4.69) is 41.5 Å². The van der Waals surface area contributed by atoms with Crippen LogP contribution in [0.15, 0.2) is 55.1 Å². The van der Waals surface area contributed by atoms with E-state index >= 15 is 0 Å². The molecule has 3 rings (SSSR count). The van der Waals surface area contributed by atoms with Crippen molar-refractivity contribution in [2.45, 2.75) is 32.7 Å². The summed E-state index contributed by atoms with van der Waals surface area (Å²) in [5, 5.41) is 5.99. The lowest BCUT2D eigenvalue weighted by Crippen LogP contribution is -2.43. The highest BCUT2D eigenvalue weighted by atomic mass is 16.2. The fraction of sp³-hybridized carbons (Fsp3) is 0.227. The molecule has 3 nitrogen and oxygen atoms in total. The van der Waals surface area contributed by atoms with Gasteiger partial charge in [-0.2, -0.15) is 0 Å². The molecule has 0 saturated heterocycles. The lowest BCUT2D eigenvalue weighted by molar-refractivity contribution is 0.242. The van der Waals surface area contributed by atoms with Gasteiger partial charge in [0, 0.05) is 5.69 Å². The monoisotopic (exact) mass is 332 g/mol. The number of nitrogens with one attached hydrogen (secondary N) is 2. The smallest absolute Gasteiger partial charge is 0.319 e. The van der Waals surface area contributed by atoms with E-state index in [1.54, 1.807) is 0 Å². The lowest BCUT2D eigenvalue weighted by Gasteiger charge is -2.27. The molecule has 128 valence electrons. The number of benzene rings is 2. The normalized spacial score (nSPS) is 12.6. The molecule has 1 aliphatic rings. The molecule has 2 aromatic carbocycles. The average molecular weight is 332 g/mol. The van der Waals surface area contributed by atoms with E-state index in [0.29, 0.717) is 0 Å². The molecule has 0 heterocycles. The van der Waals surface area contributed by atoms with Gasteiger partial charge in [0.25, 0.3) is 0 Å². The minimum Gasteiger partial charge on any atom is -0.329 e. The Morgan fingerprint density at radius 3 is 2.72 bits per heavy atom. The minimum atomic E-state index is -0.494. The van der Waals surface area contributed by atoms with Gasteiger partial charge in [0.05, 0.1) is 5.54 Å². The maximum Gasteiger partial charge on any atom is 0.319 e. The van der Waals surface area contributed by atoms with E-state index < -0.39 is 5.54 Å². The fourth-order valence-corrected chi connectivity index (χ4v) is 3.02. The molecule has 0 aromatic heterocycles. The summed E-state index contributed by atoms with van der Waals surface area (Å²) in [6.45, 7) is 9.96. The molecule has 2 amide bonds. The number of carbonyl (C=O) groups excluding carboxylic acids is 1. The number of hydrogen-bond donors (Lipinski definition) is 2. The highest BCUT2D eigenvalue weighted by Gasteiger charge is 2.23. The summed E-state index contributed by atoms with van der Waals surface area (Å²) < 4.78 is 0. The van der Waals surface area contributed by atoms with Crippen molar-refractivity contribution in [3.05, 3.63) is 77.4 Å². The summed E-state index contributed by atoms with van der Waals surface area (Å²) in [7, 11) is 0. The Morgan fingerprint density at radius 2 is 1.96 bits per heavy atom. The molecule has 1 aliphatic carbocycles. The predicted octanol–water partition coefficient (Wildman–Crippen LogP) is 5.35. The molecule has 0 spiro atoms. The molecule has 0 unspecified atom stereocenters. The summed E-state index contributed by atoms with van der Waals surface area (Å²) in [6.07, 6.45) is 5.19. The van der Waals surface area contributed by atoms with Crippen molar-refractivity contribution in [3.63, 3.8) is 0 Å². The van der Waals surface area contributed by atoms with Crippen molar-refractivity contribution in [2.24, 2.45) is 0 Å². The molecule has 0 bridgehead atoms. The number of urea groups is 1. The van der Waals surface area contributed by atoms with Crippen LogP contribution in [0.25, 0.3) is 11.6 Å². The standard InChI is InChI=1S/C22H24N2O/c1-15(2)17-8-6-10-19(13-17)22(3,4)24-21(25)23-20-12-11-16-7-5-9-18(16)14-20/h5-6,8-14H,1,7H2,2-4H3,(H2,23,24,25). The topological polar surface area (TPSA) is 41.1 Å². The molecule has 0 saturated carbocycles. The van der Waals surface area contributed by atoms with Crippen molar-refractivity contribution in [2.75, 3.05) is 5.32 Å². The third-order valence-electron chi connectivity index (χ3n) is 4.54. The molecule has 0 fully saturated rings. The van der Waals surface area contributed by atoms with Crippen LogP contribution < -0.4 is 10.6 Å². The van der Waals surface area contributed by atoms with Crippen LogP contribution in [0.5, 0.6) is 0 Å². The van der Waals surface area contributed by atoms with E-state index in [1.807, 2.05) is 51.1 Å². The van der Waals surface area contributed by atoms with Gasteiger partial charge in [0.15, 0.2) is 0 Å². The van der Waals surface area contributed by atoms with E-state index in [4.69, 9.17) is 0 Å². The van der Waals surface area contributed by atoms with Crippen molar-refractivity contribution in [1.82, 2.24) is 5.32 Å². The molecule has 0 atom stereocenters. The van der Waals surface area contributed by atoms with Crippen LogP contribution in [0.4, 0.5) is 10.5 Å². The van der Waals surface area contributed by atoms with Crippen LogP contribution in [-0.4, -0.2) is 6.03 Å². The number of anilines is 1. The molecular weight excluding hydrogens is 308 g/mol. The number of rotatable bonds is 4. The van der Waals surface area contributed by atoms with Crippen molar-refractivity contribution >= 4 is 23.4 Å². The molecule has 2 aromatic rings. The number of hydrogen-bond acceptors (Lipinski definition) is 1. The number of amides is 2. The van der Waals surface area contributed by atoms with Gasteiger partial charge in [0.1, 0.15) is 0 Å². The van der Waals surface area contributed by atoms with E-state index in [-0.39, 0.29) is 6.03 Å². The fourth-order valence-electron chi connectivity index (χ4n) is 3.02. The zero-order valence-electron chi connectivity index (χ0n) is 15.0. The first-order valence-corrected chi connectivity index (χ1v) is 8.50. The molecule has 3 heteroatoms. The van der Waals surface area contributed by atoms with Gasteiger partial charge in [-0.15, -0.1) is 0 Å².